The first kappa shape index (κ1) is 12.0. The third-order valence-corrected chi connectivity index (χ3v) is 2.03. The summed E-state index contributed by atoms with van der Waals surface area (Å²) in [6.45, 7) is 2.79. The number of nitrogens with two attached hydrogens (primary N) is 1. The SMILES string of the molecule is CC(C)(Oc1ccccc1C(N)=O)C(=O)O. The number of rotatable bonds is 4. The van der Waals surface area contributed by atoms with Gasteiger partial charge >= 0.3 is 5.97 Å². The zero-order valence-corrected chi connectivity index (χ0v) is 9.06. The minimum atomic E-state index is -1.41. The molecule has 0 atom stereocenters. The third-order valence-electron chi connectivity index (χ3n) is 2.03. The lowest BCUT2D eigenvalue weighted by molar-refractivity contribution is -0.152. The molecule has 0 spiro atoms. The summed E-state index contributed by atoms with van der Waals surface area (Å²) in [7, 11) is 0. The molecule has 0 aliphatic heterocycles. The van der Waals surface area contributed by atoms with Gasteiger partial charge in [0.05, 0.1) is 5.56 Å². The lowest BCUT2D eigenvalue weighted by atomic mass is 10.1. The molecule has 0 heterocycles. The second-order valence-electron chi connectivity index (χ2n) is 3.78. The Morgan fingerprint density at radius 2 is 1.88 bits per heavy atom. The van der Waals surface area contributed by atoms with Crippen molar-refractivity contribution in [2.24, 2.45) is 5.73 Å². The Balaban J connectivity index is 3.06. The van der Waals surface area contributed by atoms with Gasteiger partial charge in [-0.25, -0.2) is 4.79 Å². The van der Waals surface area contributed by atoms with E-state index in [9.17, 15) is 9.59 Å². The van der Waals surface area contributed by atoms with Gasteiger partial charge in [0.1, 0.15) is 5.75 Å². The molecule has 0 saturated carbocycles. The summed E-state index contributed by atoms with van der Waals surface area (Å²) in [6.07, 6.45) is 0. The standard InChI is InChI=1S/C11H13NO4/c1-11(2,10(14)15)16-8-6-4-3-5-7(8)9(12)13/h3-6H,1-2H3,(H2,12,13)(H,14,15). The number of carboxylic acids is 1. The number of carbonyl (C=O) groups is 2. The fraction of sp³-hybridized carbons (Fsp3) is 0.273. The van der Waals surface area contributed by atoms with Crippen LogP contribution in [-0.2, 0) is 4.79 Å². The molecule has 3 N–H and O–H groups in total. The van der Waals surface area contributed by atoms with Crippen LogP contribution in [0.4, 0.5) is 0 Å². The first-order chi connectivity index (χ1) is 7.34. The quantitative estimate of drug-likeness (QED) is 0.797. The molecular weight excluding hydrogens is 210 g/mol. The summed E-state index contributed by atoms with van der Waals surface area (Å²) >= 11 is 0. The van der Waals surface area contributed by atoms with Gasteiger partial charge in [-0.05, 0) is 26.0 Å². The molecule has 1 aromatic carbocycles. The van der Waals surface area contributed by atoms with Gasteiger partial charge in [-0.15, -0.1) is 0 Å². The first-order valence-electron chi connectivity index (χ1n) is 4.66. The van der Waals surface area contributed by atoms with E-state index in [0.29, 0.717) is 0 Å². The molecule has 86 valence electrons. The second-order valence-corrected chi connectivity index (χ2v) is 3.78. The highest BCUT2D eigenvalue weighted by Crippen LogP contribution is 2.22. The van der Waals surface area contributed by atoms with Crippen LogP contribution in [0.2, 0.25) is 0 Å². The van der Waals surface area contributed by atoms with Crippen molar-refractivity contribution in [3.63, 3.8) is 0 Å². The lowest BCUT2D eigenvalue weighted by Crippen LogP contribution is -2.38. The fourth-order valence-electron chi connectivity index (χ4n) is 1.08. The summed E-state index contributed by atoms with van der Waals surface area (Å²) in [4.78, 5) is 21.9. The number of ether oxygens (including phenoxy) is 1. The van der Waals surface area contributed by atoms with Crippen molar-refractivity contribution >= 4 is 11.9 Å². The van der Waals surface area contributed by atoms with Crippen LogP contribution >= 0.6 is 0 Å². The fourth-order valence-corrected chi connectivity index (χ4v) is 1.08. The van der Waals surface area contributed by atoms with Crippen molar-refractivity contribution in [1.82, 2.24) is 0 Å². The van der Waals surface area contributed by atoms with Gasteiger partial charge in [0.2, 0.25) is 0 Å². The molecule has 5 nitrogen and oxygen atoms in total. The zero-order chi connectivity index (χ0) is 12.3. The zero-order valence-electron chi connectivity index (χ0n) is 9.06. The minimum Gasteiger partial charge on any atom is -0.478 e. The van der Waals surface area contributed by atoms with Crippen LogP contribution in [0.15, 0.2) is 24.3 Å². The maximum Gasteiger partial charge on any atom is 0.347 e. The van der Waals surface area contributed by atoms with E-state index in [1.807, 2.05) is 0 Å². The molecule has 5 heteroatoms. The van der Waals surface area contributed by atoms with Crippen LogP contribution in [0.5, 0.6) is 5.75 Å². The van der Waals surface area contributed by atoms with Gasteiger partial charge in [-0.3, -0.25) is 4.79 Å². The van der Waals surface area contributed by atoms with Crippen LogP contribution in [0.25, 0.3) is 0 Å². The summed E-state index contributed by atoms with van der Waals surface area (Å²) in [5.41, 5.74) is 3.90. The number of aliphatic carboxylic acids is 1. The maximum atomic E-state index is 11.1. The Hall–Kier alpha value is -2.04. The van der Waals surface area contributed by atoms with Gasteiger partial charge in [0.15, 0.2) is 5.60 Å². The molecule has 16 heavy (non-hydrogen) atoms. The van der Waals surface area contributed by atoms with E-state index >= 15 is 0 Å². The van der Waals surface area contributed by atoms with Gasteiger partial charge in [-0.2, -0.15) is 0 Å². The number of hydrogen-bond donors (Lipinski definition) is 2. The molecule has 0 bridgehead atoms. The highest BCUT2D eigenvalue weighted by atomic mass is 16.5. The predicted molar refractivity (Wildman–Crippen MR) is 57.3 cm³/mol. The number of benzene rings is 1. The number of carbonyl (C=O) groups excluding carboxylic acids is 1. The molecule has 0 saturated heterocycles. The molecule has 0 aliphatic rings. The Labute approximate surface area is 92.8 Å². The summed E-state index contributed by atoms with van der Waals surface area (Å²) in [5, 5.41) is 8.89. The number of hydrogen-bond acceptors (Lipinski definition) is 3. The molecule has 1 rings (SSSR count). The molecule has 0 unspecified atom stereocenters. The van der Waals surface area contributed by atoms with E-state index in [-0.39, 0.29) is 11.3 Å². The van der Waals surface area contributed by atoms with Crippen molar-refractivity contribution in [3.8, 4) is 5.75 Å². The number of para-hydroxylation sites is 1. The minimum absolute atomic E-state index is 0.164. The van der Waals surface area contributed by atoms with Crippen LogP contribution in [0, 0.1) is 0 Å². The van der Waals surface area contributed by atoms with Crippen molar-refractivity contribution in [2.75, 3.05) is 0 Å². The van der Waals surface area contributed by atoms with Crippen LogP contribution in [0.1, 0.15) is 24.2 Å². The molecule has 0 aromatic heterocycles. The largest absolute Gasteiger partial charge is 0.478 e. The van der Waals surface area contributed by atoms with Crippen molar-refractivity contribution in [2.45, 2.75) is 19.4 Å². The maximum absolute atomic E-state index is 11.1. The van der Waals surface area contributed by atoms with E-state index in [4.69, 9.17) is 15.6 Å². The number of primary amides is 1. The van der Waals surface area contributed by atoms with E-state index in [2.05, 4.69) is 0 Å². The molecule has 1 amide bonds. The van der Waals surface area contributed by atoms with E-state index in [0.717, 1.165) is 0 Å². The van der Waals surface area contributed by atoms with Crippen molar-refractivity contribution in [3.05, 3.63) is 29.8 Å². The Morgan fingerprint density at radius 3 is 2.38 bits per heavy atom. The van der Waals surface area contributed by atoms with Crippen LogP contribution in [-0.4, -0.2) is 22.6 Å². The summed E-state index contributed by atoms with van der Waals surface area (Å²) < 4.78 is 5.26. The predicted octanol–water partition coefficient (Wildman–Crippen LogP) is 1.03. The third kappa shape index (κ3) is 2.50. The normalized spacial score (nSPS) is 10.9. The molecule has 0 aliphatic carbocycles. The molecule has 0 fully saturated rings. The van der Waals surface area contributed by atoms with E-state index in [1.54, 1.807) is 12.1 Å². The Kier molecular flexibility index (Phi) is 3.17. The summed E-state index contributed by atoms with van der Waals surface area (Å²) in [6, 6.07) is 6.25. The van der Waals surface area contributed by atoms with Gasteiger partial charge in [-0.1, -0.05) is 12.1 Å². The Bertz CT molecular complexity index is 426. The van der Waals surface area contributed by atoms with Crippen molar-refractivity contribution in [1.29, 1.82) is 0 Å². The topological polar surface area (TPSA) is 89.6 Å². The second kappa shape index (κ2) is 4.22. The highest BCUT2D eigenvalue weighted by Gasteiger charge is 2.30. The van der Waals surface area contributed by atoms with Gasteiger partial charge < -0.3 is 15.6 Å². The smallest absolute Gasteiger partial charge is 0.347 e. The molecule has 1 aromatic rings. The lowest BCUT2D eigenvalue weighted by Gasteiger charge is -2.22. The van der Waals surface area contributed by atoms with Crippen molar-refractivity contribution < 1.29 is 19.4 Å². The number of amides is 1. The number of carboxylic acid groups (broad SMARTS) is 1. The average Bonchev–Trinajstić information content (AvgIpc) is 2.17. The molecular formula is C11H13NO4. The monoisotopic (exact) mass is 223 g/mol. The van der Waals surface area contributed by atoms with Gasteiger partial charge in [0, 0.05) is 0 Å². The van der Waals surface area contributed by atoms with Gasteiger partial charge in [0.25, 0.3) is 5.91 Å². The first-order valence-corrected chi connectivity index (χ1v) is 4.66. The highest BCUT2D eigenvalue weighted by molar-refractivity contribution is 5.95. The Morgan fingerprint density at radius 1 is 1.31 bits per heavy atom. The van der Waals surface area contributed by atoms with Crippen LogP contribution in [0.3, 0.4) is 0 Å². The van der Waals surface area contributed by atoms with E-state index in [1.165, 1.54) is 26.0 Å². The summed E-state index contributed by atoms with van der Waals surface area (Å²) in [5.74, 6) is -1.61. The van der Waals surface area contributed by atoms with E-state index < -0.39 is 17.5 Å². The average molecular weight is 223 g/mol. The molecule has 0 radical (unpaired) electrons. The van der Waals surface area contributed by atoms with Crippen LogP contribution < -0.4 is 10.5 Å².